The van der Waals surface area contributed by atoms with E-state index in [1.165, 1.54) is 16.4 Å². The zero-order valence-electron chi connectivity index (χ0n) is 19.5. The van der Waals surface area contributed by atoms with Gasteiger partial charge in [0.1, 0.15) is 12.1 Å². The minimum Gasteiger partial charge on any atom is -0.353 e. The Kier molecular flexibility index (Phi) is 7.23. The molecule has 0 aliphatic carbocycles. The molecule has 34 heavy (non-hydrogen) atoms. The van der Waals surface area contributed by atoms with Crippen LogP contribution in [0.5, 0.6) is 0 Å². The van der Waals surface area contributed by atoms with Crippen molar-refractivity contribution in [1.82, 2.24) is 19.2 Å². The third-order valence-electron chi connectivity index (χ3n) is 6.06. The fraction of sp³-hybridized carbons (Fsp3) is 0.320. The molecule has 1 aliphatic heterocycles. The predicted molar refractivity (Wildman–Crippen MR) is 132 cm³/mol. The minimum atomic E-state index is -3.54. The molecule has 0 N–H and O–H groups in total. The maximum atomic E-state index is 13.0. The summed E-state index contributed by atoms with van der Waals surface area (Å²) in [6.45, 7) is 6.86. The number of sulfonamides is 1. The third kappa shape index (κ3) is 4.95. The molecule has 2 aromatic carbocycles. The van der Waals surface area contributed by atoms with Crippen molar-refractivity contribution in [3.05, 3.63) is 72.6 Å². The Morgan fingerprint density at radius 1 is 0.912 bits per heavy atom. The van der Waals surface area contributed by atoms with Crippen LogP contribution in [0.1, 0.15) is 24.2 Å². The van der Waals surface area contributed by atoms with E-state index in [1.807, 2.05) is 50.2 Å². The highest BCUT2D eigenvalue weighted by molar-refractivity contribution is 7.89. The number of carbonyl (C=O) groups is 1. The Hall–Kier alpha value is -3.30. The van der Waals surface area contributed by atoms with E-state index in [1.54, 1.807) is 23.4 Å². The number of piperazine rings is 1. The van der Waals surface area contributed by atoms with Crippen LogP contribution in [0.4, 0.5) is 5.82 Å². The maximum absolute atomic E-state index is 13.0. The van der Waals surface area contributed by atoms with Crippen molar-refractivity contribution in [2.75, 3.05) is 44.2 Å². The Labute approximate surface area is 200 Å². The number of rotatable bonds is 7. The largest absolute Gasteiger partial charge is 0.353 e. The predicted octanol–water partition coefficient (Wildman–Crippen LogP) is 3.14. The molecule has 178 valence electrons. The zero-order chi connectivity index (χ0) is 24.1. The van der Waals surface area contributed by atoms with E-state index in [4.69, 9.17) is 0 Å². The monoisotopic (exact) mass is 479 g/mol. The summed E-state index contributed by atoms with van der Waals surface area (Å²) in [5.41, 5.74) is 2.38. The quantitative estimate of drug-likeness (QED) is 0.518. The Morgan fingerprint density at radius 2 is 1.56 bits per heavy atom. The summed E-state index contributed by atoms with van der Waals surface area (Å²) in [6.07, 6.45) is 1.57. The SMILES string of the molecule is CCN(CC)S(=O)(=O)c1ccc(C(=O)N2CCN(c3cc(-c4ccccc4)ncn3)CC2)cc1. The summed E-state index contributed by atoms with van der Waals surface area (Å²) in [6, 6.07) is 18.2. The molecule has 1 saturated heterocycles. The van der Waals surface area contributed by atoms with E-state index < -0.39 is 10.0 Å². The Bertz CT molecular complexity index is 1220. The summed E-state index contributed by atoms with van der Waals surface area (Å²) in [5.74, 6) is 0.742. The zero-order valence-corrected chi connectivity index (χ0v) is 20.3. The molecule has 0 radical (unpaired) electrons. The molecular weight excluding hydrogens is 450 g/mol. The first-order chi connectivity index (χ1) is 16.4. The van der Waals surface area contributed by atoms with E-state index in [9.17, 15) is 13.2 Å². The van der Waals surface area contributed by atoms with Gasteiger partial charge in [-0.05, 0) is 24.3 Å². The second-order valence-corrected chi connectivity index (χ2v) is 9.96. The van der Waals surface area contributed by atoms with Crippen LogP contribution in [-0.4, -0.2) is 72.8 Å². The highest BCUT2D eigenvalue weighted by atomic mass is 32.2. The third-order valence-corrected chi connectivity index (χ3v) is 8.12. The maximum Gasteiger partial charge on any atom is 0.253 e. The van der Waals surface area contributed by atoms with Gasteiger partial charge in [0, 0.05) is 56.5 Å². The molecule has 4 rings (SSSR count). The van der Waals surface area contributed by atoms with Gasteiger partial charge in [0.05, 0.1) is 10.6 Å². The van der Waals surface area contributed by atoms with Gasteiger partial charge in [-0.1, -0.05) is 44.2 Å². The molecular formula is C25H29N5O3S. The molecule has 1 aliphatic rings. The van der Waals surface area contributed by atoms with Crippen LogP contribution in [0.15, 0.2) is 71.9 Å². The number of benzene rings is 2. The Balaban J connectivity index is 1.41. The second kappa shape index (κ2) is 10.3. The van der Waals surface area contributed by atoms with Crippen LogP contribution in [0.25, 0.3) is 11.3 Å². The lowest BCUT2D eigenvalue weighted by atomic mass is 10.1. The summed E-state index contributed by atoms with van der Waals surface area (Å²) in [5, 5.41) is 0. The van der Waals surface area contributed by atoms with Crippen molar-refractivity contribution in [1.29, 1.82) is 0 Å². The normalized spacial score (nSPS) is 14.4. The van der Waals surface area contributed by atoms with E-state index in [0.717, 1.165) is 17.1 Å². The van der Waals surface area contributed by atoms with Gasteiger partial charge >= 0.3 is 0 Å². The number of nitrogens with zero attached hydrogens (tertiary/aromatic N) is 5. The fourth-order valence-electron chi connectivity index (χ4n) is 4.09. The number of anilines is 1. The molecule has 0 bridgehead atoms. The standard InChI is InChI=1S/C25H29N5O3S/c1-3-30(4-2)34(32,33)22-12-10-21(11-13-22)25(31)29-16-14-28(15-17-29)24-18-23(26-19-27-24)20-8-6-5-7-9-20/h5-13,18-19H,3-4,14-17H2,1-2H3. The molecule has 0 unspecified atom stereocenters. The summed E-state index contributed by atoms with van der Waals surface area (Å²) in [4.78, 5) is 26.0. The minimum absolute atomic E-state index is 0.0981. The average Bonchev–Trinajstić information content (AvgIpc) is 2.89. The number of hydrogen-bond acceptors (Lipinski definition) is 6. The van der Waals surface area contributed by atoms with Gasteiger partial charge < -0.3 is 9.80 Å². The number of carbonyl (C=O) groups excluding carboxylic acids is 1. The number of hydrogen-bond donors (Lipinski definition) is 0. The van der Waals surface area contributed by atoms with Gasteiger partial charge in [-0.2, -0.15) is 4.31 Å². The van der Waals surface area contributed by atoms with Gasteiger partial charge in [0.15, 0.2) is 0 Å². The van der Waals surface area contributed by atoms with E-state index in [0.29, 0.717) is 44.8 Å². The van der Waals surface area contributed by atoms with Crippen LogP contribution >= 0.6 is 0 Å². The summed E-state index contributed by atoms with van der Waals surface area (Å²) >= 11 is 0. The van der Waals surface area contributed by atoms with Crippen LogP contribution in [-0.2, 0) is 10.0 Å². The van der Waals surface area contributed by atoms with Crippen molar-refractivity contribution < 1.29 is 13.2 Å². The van der Waals surface area contributed by atoms with Gasteiger partial charge in [-0.15, -0.1) is 0 Å². The fourth-order valence-corrected chi connectivity index (χ4v) is 5.55. The van der Waals surface area contributed by atoms with Crippen molar-refractivity contribution >= 4 is 21.7 Å². The highest BCUT2D eigenvalue weighted by Crippen LogP contribution is 2.22. The summed E-state index contributed by atoms with van der Waals surface area (Å²) < 4.78 is 26.8. The lowest BCUT2D eigenvalue weighted by Crippen LogP contribution is -2.49. The molecule has 1 fully saturated rings. The molecule has 0 spiro atoms. The first kappa shape index (κ1) is 23.8. The molecule has 0 atom stereocenters. The van der Waals surface area contributed by atoms with E-state index in [-0.39, 0.29) is 10.8 Å². The smallest absolute Gasteiger partial charge is 0.253 e. The van der Waals surface area contributed by atoms with Gasteiger partial charge in [-0.25, -0.2) is 18.4 Å². The number of amides is 1. The van der Waals surface area contributed by atoms with Crippen LogP contribution in [0.2, 0.25) is 0 Å². The van der Waals surface area contributed by atoms with Crippen molar-refractivity contribution in [3.63, 3.8) is 0 Å². The van der Waals surface area contributed by atoms with Crippen LogP contribution in [0.3, 0.4) is 0 Å². The van der Waals surface area contributed by atoms with Crippen molar-refractivity contribution in [2.24, 2.45) is 0 Å². The lowest BCUT2D eigenvalue weighted by Gasteiger charge is -2.35. The van der Waals surface area contributed by atoms with E-state index >= 15 is 0 Å². The van der Waals surface area contributed by atoms with Crippen molar-refractivity contribution in [3.8, 4) is 11.3 Å². The topological polar surface area (TPSA) is 86.7 Å². The average molecular weight is 480 g/mol. The van der Waals surface area contributed by atoms with E-state index in [2.05, 4.69) is 14.9 Å². The van der Waals surface area contributed by atoms with Gasteiger partial charge in [-0.3, -0.25) is 4.79 Å². The molecule has 1 amide bonds. The molecule has 3 aromatic rings. The molecule has 2 heterocycles. The second-order valence-electron chi connectivity index (χ2n) is 8.02. The molecule has 1 aromatic heterocycles. The lowest BCUT2D eigenvalue weighted by molar-refractivity contribution is 0.0746. The first-order valence-electron chi connectivity index (χ1n) is 11.5. The van der Waals surface area contributed by atoms with Crippen molar-refractivity contribution in [2.45, 2.75) is 18.7 Å². The van der Waals surface area contributed by atoms with Gasteiger partial charge in [0.2, 0.25) is 10.0 Å². The van der Waals surface area contributed by atoms with Gasteiger partial charge in [0.25, 0.3) is 5.91 Å². The number of aromatic nitrogens is 2. The van der Waals surface area contributed by atoms with Crippen LogP contribution in [0, 0.1) is 0 Å². The Morgan fingerprint density at radius 3 is 2.18 bits per heavy atom. The first-order valence-corrected chi connectivity index (χ1v) is 12.9. The molecule has 8 nitrogen and oxygen atoms in total. The van der Waals surface area contributed by atoms with Crippen LogP contribution < -0.4 is 4.90 Å². The molecule has 9 heteroatoms. The summed E-state index contributed by atoms with van der Waals surface area (Å²) in [7, 11) is -3.54. The highest BCUT2D eigenvalue weighted by Gasteiger charge is 2.25. The molecule has 0 saturated carbocycles.